The van der Waals surface area contributed by atoms with Crippen LogP contribution in [0.25, 0.3) is 0 Å². The minimum atomic E-state index is -0.596. The molecule has 1 aromatic rings. The van der Waals surface area contributed by atoms with Crippen LogP contribution in [0.2, 0.25) is 0 Å². The normalized spacial score (nSPS) is 16.6. The molecule has 0 radical (unpaired) electrons. The topological polar surface area (TPSA) is 104 Å². The number of carbonyl (C=O) groups excluding carboxylic acids is 1. The van der Waals surface area contributed by atoms with E-state index < -0.39 is 22.2 Å². The zero-order chi connectivity index (χ0) is 19.4. The largest absolute Gasteiger partial charge is 0.487 e. The van der Waals surface area contributed by atoms with Gasteiger partial charge in [-0.1, -0.05) is 0 Å². The number of likely N-dealkylation sites (N-methyl/N-ethyl adjacent to an activating group) is 1. The van der Waals surface area contributed by atoms with E-state index in [0.29, 0.717) is 31.8 Å². The van der Waals surface area contributed by atoms with E-state index in [-0.39, 0.29) is 12.4 Å². The molecule has 0 unspecified atom stereocenters. The van der Waals surface area contributed by atoms with Crippen molar-refractivity contribution in [1.29, 1.82) is 0 Å². The fraction of sp³-hybridized carbons (Fsp3) is 0.647. The van der Waals surface area contributed by atoms with Gasteiger partial charge in [0, 0.05) is 26.3 Å². The zero-order valence-corrected chi connectivity index (χ0v) is 15.6. The predicted octanol–water partition coefficient (Wildman–Crippen LogP) is 2.78. The molecule has 0 bridgehead atoms. The standard InChI is InChI=1S/C17H25N3O6/c1-16(2,3)26-15(21)19(4)17(7-9-24-10-8-17)12-25-13-5-6-14(18-11-13)20(22)23/h5-6,11H,7-10,12H2,1-4H3. The van der Waals surface area contributed by atoms with Crippen molar-refractivity contribution < 1.29 is 23.9 Å². The molecule has 1 aromatic heterocycles. The van der Waals surface area contributed by atoms with Crippen molar-refractivity contribution in [2.24, 2.45) is 0 Å². The Morgan fingerprint density at radius 3 is 2.54 bits per heavy atom. The third-order valence-electron chi connectivity index (χ3n) is 4.22. The molecular formula is C17H25N3O6. The minimum absolute atomic E-state index is 0.214. The third kappa shape index (κ3) is 5.04. The summed E-state index contributed by atoms with van der Waals surface area (Å²) in [5.74, 6) is 0.156. The highest BCUT2D eigenvalue weighted by Gasteiger charge is 2.41. The maximum absolute atomic E-state index is 12.5. The van der Waals surface area contributed by atoms with Gasteiger partial charge in [0.05, 0.1) is 5.54 Å². The number of nitrogens with zero attached hydrogens (tertiary/aromatic N) is 3. The number of hydrogen-bond donors (Lipinski definition) is 0. The molecule has 0 saturated carbocycles. The van der Waals surface area contributed by atoms with Crippen LogP contribution in [-0.2, 0) is 9.47 Å². The van der Waals surface area contributed by atoms with Crippen molar-refractivity contribution in [1.82, 2.24) is 9.88 Å². The van der Waals surface area contributed by atoms with E-state index in [1.165, 1.54) is 18.3 Å². The molecule has 9 heteroatoms. The average Bonchev–Trinajstić information content (AvgIpc) is 2.59. The van der Waals surface area contributed by atoms with Gasteiger partial charge in [-0.05, 0) is 49.6 Å². The Kier molecular flexibility index (Phi) is 6.01. The van der Waals surface area contributed by atoms with E-state index in [9.17, 15) is 14.9 Å². The van der Waals surface area contributed by atoms with Gasteiger partial charge < -0.3 is 29.2 Å². The summed E-state index contributed by atoms with van der Waals surface area (Å²) in [4.78, 5) is 27.9. The Balaban J connectivity index is 2.10. The summed E-state index contributed by atoms with van der Waals surface area (Å²) in [7, 11) is 1.69. The molecular weight excluding hydrogens is 342 g/mol. The number of aromatic nitrogens is 1. The molecule has 0 spiro atoms. The SMILES string of the molecule is CN(C(=O)OC(C)(C)C)C1(COc2ccc([N+](=O)[O-])nc2)CCOCC1. The minimum Gasteiger partial charge on any atom is -0.487 e. The Morgan fingerprint density at radius 2 is 2.04 bits per heavy atom. The molecule has 144 valence electrons. The highest BCUT2D eigenvalue weighted by Crippen LogP contribution is 2.30. The average molecular weight is 367 g/mol. The first-order valence-corrected chi connectivity index (χ1v) is 8.41. The van der Waals surface area contributed by atoms with E-state index in [1.54, 1.807) is 11.9 Å². The molecule has 1 fully saturated rings. The number of rotatable bonds is 5. The number of carbonyl (C=O) groups is 1. The molecule has 0 N–H and O–H groups in total. The van der Waals surface area contributed by atoms with Crippen LogP contribution < -0.4 is 4.74 Å². The number of hydrogen-bond acceptors (Lipinski definition) is 7. The van der Waals surface area contributed by atoms with Crippen molar-refractivity contribution in [3.05, 3.63) is 28.4 Å². The van der Waals surface area contributed by atoms with Gasteiger partial charge in [0.25, 0.3) is 0 Å². The lowest BCUT2D eigenvalue weighted by molar-refractivity contribution is -0.389. The molecule has 26 heavy (non-hydrogen) atoms. The van der Waals surface area contributed by atoms with Crippen LogP contribution in [-0.4, -0.2) is 58.9 Å². The fourth-order valence-electron chi connectivity index (χ4n) is 2.64. The Morgan fingerprint density at radius 1 is 1.38 bits per heavy atom. The van der Waals surface area contributed by atoms with Crippen molar-refractivity contribution in [2.75, 3.05) is 26.9 Å². The quantitative estimate of drug-likeness (QED) is 0.582. The molecule has 1 aliphatic heterocycles. The van der Waals surface area contributed by atoms with Gasteiger partial charge in [0.1, 0.15) is 12.2 Å². The Bertz CT molecular complexity index is 635. The summed E-state index contributed by atoms with van der Waals surface area (Å²) in [6.45, 7) is 6.67. The fourth-order valence-corrected chi connectivity index (χ4v) is 2.64. The molecule has 0 atom stereocenters. The van der Waals surface area contributed by atoms with Crippen LogP contribution in [0, 0.1) is 10.1 Å². The van der Waals surface area contributed by atoms with Crippen LogP contribution >= 0.6 is 0 Å². The summed E-state index contributed by atoms with van der Waals surface area (Å²) in [5, 5.41) is 10.7. The van der Waals surface area contributed by atoms with Crippen molar-refractivity contribution in [2.45, 2.75) is 44.8 Å². The summed E-state index contributed by atoms with van der Waals surface area (Å²) in [6, 6.07) is 2.77. The molecule has 1 saturated heterocycles. The lowest BCUT2D eigenvalue weighted by Crippen LogP contribution is -2.57. The van der Waals surface area contributed by atoms with E-state index in [2.05, 4.69) is 4.98 Å². The molecule has 1 amide bonds. The summed E-state index contributed by atoms with van der Waals surface area (Å²) < 4.78 is 16.7. The number of amides is 1. The van der Waals surface area contributed by atoms with Crippen LogP contribution in [0.1, 0.15) is 33.6 Å². The summed E-state index contributed by atoms with van der Waals surface area (Å²) in [5.41, 5.74) is -1.18. The Labute approximate surface area is 152 Å². The van der Waals surface area contributed by atoms with Gasteiger partial charge in [-0.3, -0.25) is 0 Å². The molecule has 9 nitrogen and oxygen atoms in total. The maximum atomic E-state index is 12.5. The molecule has 2 rings (SSSR count). The Hall–Kier alpha value is -2.42. The second kappa shape index (κ2) is 7.86. The van der Waals surface area contributed by atoms with E-state index in [1.807, 2.05) is 20.8 Å². The molecule has 0 aliphatic carbocycles. The molecule has 0 aromatic carbocycles. The zero-order valence-electron chi connectivity index (χ0n) is 15.6. The lowest BCUT2D eigenvalue weighted by atomic mass is 9.89. The molecule has 2 heterocycles. The second-order valence-corrected chi connectivity index (χ2v) is 7.27. The highest BCUT2D eigenvalue weighted by molar-refractivity contribution is 5.69. The first-order chi connectivity index (χ1) is 12.1. The van der Waals surface area contributed by atoms with Crippen LogP contribution in [0.15, 0.2) is 18.3 Å². The van der Waals surface area contributed by atoms with E-state index >= 15 is 0 Å². The predicted molar refractivity (Wildman–Crippen MR) is 93.2 cm³/mol. The van der Waals surface area contributed by atoms with Crippen LogP contribution in [0.4, 0.5) is 10.6 Å². The first kappa shape index (κ1) is 19.9. The monoisotopic (exact) mass is 367 g/mol. The van der Waals surface area contributed by atoms with Crippen molar-refractivity contribution >= 4 is 11.9 Å². The van der Waals surface area contributed by atoms with Gasteiger partial charge in [-0.25, -0.2) is 4.79 Å². The van der Waals surface area contributed by atoms with E-state index in [4.69, 9.17) is 14.2 Å². The number of nitro groups is 1. The maximum Gasteiger partial charge on any atom is 0.410 e. The smallest absolute Gasteiger partial charge is 0.410 e. The third-order valence-corrected chi connectivity index (χ3v) is 4.22. The first-order valence-electron chi connectivity index (χ1n) is 8.41. The summed E-state index contributed by atoms with van der Waals surface area (Å²) in [6.07, 6.45) is 2.08. The number of ether oxygens (including phenoxy) is 3. The van der Waals surface area contributed by atoms with Crippen LogP contribution in [0.3, 0.4) is 0 Å². The summed E-state index contributed by atoms with van der Waals surface area (Å²) >= 11 is 0. The van der Waals surface area contributed by atoms with Gasteiger partial charge >= 0.3 is 11.9 Å². The van der Waals surface area contributed by atoms with Crippen molar-refractivity contribution in [3.8, 4) is 5.75 Å². The highest BCUT2D eigenvalue weighted by atomic mass is 16.6. The van der Waals surface area contributed by atoms with Gasteiger partial charge in [-0.15, -0.1) is 0 Å². The number of pyridine rings is 1. The van der Waals surface area contributed by atoms with Gasteiger partial charge in [0.15, 0.2) is 11.9 Å². The second-order valence-electron chi connectivity index (χ2n) is 7.27. The van der Waals surface area contributed by atoms with E-state index in [0.717, 1.165) is 0 Å². The van der Waals surface area contributed by atoms with Crippen molar-refractivity contribution in [3.63, 3.8) is 0 Å². The lowest BCUT2D eigenvalue weighted by Gasteiger charge is -2.43. The van der Waals surface area contributed by atoms with Crippen LogP contribution in [0.5, 0.6) is 5.75 Å². The van der Waals surface area contributed by atoms with Gasteiger partial charge in [-0.2, -0.15) is 0 Å². The molecule has 1 aliphatic rings. The van der Waals surface area contributed by atoms with Gasteiger partial charge in [0.2, 0.25) is 0 Å².